The third kappa shape index (κ3) is 4.97. The van der Waals surface area contributed by atoms with E-state index in [1.54, 1.807) is 18.3 Å². The highest BCUT2D eigenvalue weighted by Gasteiger charge is 2.32. The van der Waals surface area contributed by atoms with E-state index in [9.17, 15) is 9.18 Å². The molecule has 1 aliphatic heterocycles. The SMILES string of the molecule is C[C@@]1(c2cc(NC(=O)CCNc3ccccn3)ccc2F)CCSC(N)=N1. The van der Waals surface area contributed by atoms with Gasteiger partial charge in [0.1, 0.15) is 11.6 Å². The van der Waals surface area contributed by atoms with Crippen LogP contribution in [-0.2, 0) is 10.3 Å². The lowest BCUT2D eigenvalue weighted by Gasteiger charge is -2.30. The number of pyridine rings is 1. The summed E-state index contributed by atoms with van der Waals surface area (Å²) in [6.07, 6.45) is 2.63. The first-order valence-electron chi connectivity index (χ1n) is 8.69. The molecule has 0 radical (unpaired) electrons. The van der Waals surface area contributed by atoms with Gasteiger partial charge in [0.15, 0.2) is 5.17 Å². The van der Waals surface area contributed by atoms with Crippen LogP contribution < -0.4 is 16.4 Å². The zero-order chi connectivity index (χ0) is 19.3. The molecule has 1 amide bonds. The molecule has 0 saturated carbocycles. The van der Waals surface area contributed by atoms with Crippen molar-refractivity contribution in [2.24, 2.45) is 10.7 Å². The quantitative estimate of drug-likeness (QED) is 0.707. The van der Waals surface area contributed by atoms with Crippen LogP contribution >= 0.6 is 11.8 Å². The normalized spacial score (nSPS) is 19.3. The highest BCUT2D eigenvalue weighted by Crippen LogP contribution is 2.37. The van der Waals surface area contributed by atoms with Crippen LogP contribution in [0.3, 0.4) is 0 Å². The maximum absolute atomic E-state index is 14.4. The van der Waals surface area contributed by atoms with Crippen molar-refractivity contribution in [2.75, 3.05) is 22.9 Å². The van der Waals surface area contributed by atoms with Crippen LogP contribution in [0.25, 0.3) is 0 Å². The highest BCUT2D eigenvalue weighted by atomic mass is 32.2. The van der Waals surface area contributed by atoms with E-state index in [1.165, 1.54) is 17.8 Å². The monoisotopic (exact) mass is 387 g/mol. The van der Waals surface area contributed by atoms with Gasteiger partial charge in [0.05, 0.1) is 5.54 Å². The van der Waals surface area contributed by atoms with Crippen molar-refractivity contribution >= 4 is 34.3 Å². The minimum absolute atomic E-state index is 0.164. The molecule has 1 aromatic carbocycles. The van der Waals surface area contributed by atoms with E-state index in [4.69, 9.17) is 5.73 Å². The summed E-state index contributed by atoms with van der Waals surface area (Å²) in [7, 11) is 0. The number of halogens is 1. The molecule has 8 heteroatoms. The van der Waals surface area contributed by atoms with Crippen molar-refractivity contribution in [1.29, 1.82) is 0 Å². The van der Waals surface area contributed by atoms with Gasteiger partial charge in [0.2, 0.25) is 5.91 Å². The van der Waals surface area contributed by atoms with Crippen LogP contribution in [0.4, 0.5) is 15.9 Å². The molecule has 2 aromatic rings. The second kappa shape index (κ2) is 8.39. The van der Waals surface area contributed by atoms with Crippen molar-refractivity contribution in [3.8, 4) is 0 Å². The van der Waals surface area contributed by atoms with Crippen LogP contribution in [0.5, 0.6) is 0 Å². The van der Waals surface area contributed by atoms with Gasteiger partial charge in [-0.15, -0.1) is 0 Å². The van der Waals surface area contributed by atoms with Gasteiger partial charge in [-0.1, -0.05) is 17.8 Å². The van der Waals surface area contributed by atoms with Crippen molar-refractivity contribution in [1.82, 2.24) is 4.98 Å². The lowest BCUT2D eigenvalue weighted by Crippen LogP contribution is -2.30. The number of amides is 1. The first-order chi connectivity index (χ1) is 13.0. The summed E-state index contributed by atoms with van der Waals surface area (Å²) < 4.78 is 14.4. The van der Waals surface area contributed by atoms with Crippen LogP contribution in [0.1, 0.15) is 25.3 Å². The fraction of sp³-hybridized carbons (Fsp3) is 0.316. The van der Waals surface area contributed by atoms with E-state index >= 15 is 0 Å². The van der Waals surface area contributed by atoms with Gasteiger partial charge in [0.25, 0.3) is 0 Å². The minimum Gasteiger partial charge on any atom is -0.379 e. The van der Waals surface area contributed by atoms with Gasteiger partial charge >= 0.3 is 0 Å². The first kappa shape index (κ1) is 19.2. The Balaban J connectivity index is 1.64. The number of aromatic nitrogens is 1. The summed E-state index contributed by atoms with van der Waals surface area (Å²) in [6.45, 7) is 2.31. The molecule has 0 spiro atoms. The Morgan fingerprint density at radius 3 is 2.96 bits per heavy atom. The predicted octanol–water partition coefficient (Wildman–Crippen LogP) is 3.33. The summed E-state index contributed by atoms with van der Waals surface area (Å²) in [4.78, 5) is 20.8. The standard InChI is InChI=1S/C19H22FN5OS/c1-19(8-11-27-18(21)25-19)14-12-13(5-6-15(14)20)24-17(26)7-10-23-16-4-2-3-9-22-16/h2-6,9,12H,7-8,10-11H2,1H3,(H2,21,25)(H,22,23)(H,24,26)/t19-/m0/s1. The average molecular weight is 387 g/mol. The van der Waals surface area contributed by atoms with Crippen molar-refractivity contribution in [3.05, 3.63) is 54.0 Å². The molecule has 2 heterocycles. The molecule has 1 atom stereocenters. The molecule has 0 saturated heterocycles. The van der Waals surface area contributed by atoms with E-state index in [0.29, 0.717) is 35.2 Å². The molecule has 4 N–H and O–H groups in total. The van der Waals surface area contributed by atoms with E-state index in [-0.39, 0.29) is 18.1 Å². The Morgan fingerprint density at radius 1 is 1.37 bits per heavy atom. The fourth-order valence-corrected chi connectivity index (χ4v) is 3.87. The summed E-state index contributed by atoms with van der Waals surface area (Å²) in [5.41, 5.74) is 6.09. The van der Waals surface area contributed by atoms with Crippen LogP contribution in [-0.4, -0.2) is 28.4 Å². The number of thioether (sulfide) groups is 1. The Bertz CT molecular complexity index is 845. The molecule has 1 aliphatic rings. The molecule has 142 valence electrons. The topological polar surface area (TPSA) is 92.4 Å². The minimum atomic E-state index is -0.722. The number of aliphatic imine (C=N–C) groups is 1. The van der Waals surface area contributed by atoms with Gasteiger partial charge in [0, 0.05) is 36.2 Å². The number of nitrogens with zero attached hydrogens (tertiary/aromatic N) is 2. The Kier molecular flexibility index (Phi) is 5.95. The lowest BCUT2D eigenvalue weighted by atomic mass is 9.89. The summed E-state index contributed by atoms with van der Waals surface area (Å²) in [6, 6.07) is 10.1. The van der Waals surface area contributed by atoms with E-state index in [2.05, 4.69) is 20.6 Å². The number of hydrogen-bond donors (Lipinski definition) is 3. The van der Waals surface area contributed by atoms with Gasteiger partial charge in [-0.25, -0.2) is 9.37 Å². The Morgan fingerprint density at radius 2 is 2.22 bits per heavy atom. The molecular formula is C19H22FN5OS. The van der Waals surface area contributed by atoms with Crippen molar-refractivity contribution < 1.29 is 9.18 Å². The third-order valence-corrected chi connectivity index (χ3v) is 5.14. The molecule has 0 fully saturated rings. The van der Waals surface area contributed by atoms with Crippen molar-refractivity contribution in [3.63, 3.8) is 0 Å². The largest absolute Gasteiger partial charge is 0.379 e. The molecular weight excluding hydrogens is 365 g/mol. The van der Waals surface area contributed by atoms with Crippen LogP contribution in [0.2, 0.25) is 0 Å². The van der Waals surface area contributed by atoms with Gasteiger partial charge in [-0.05, 0) is 43.7 Å². The molecule has 3 rings (SSSR count). The second-order valence-electron chi connectivity index (χ2n) is 6.46. The maximum Gasteiger partial charge on any atom is 0.226 e. The lowest BCUT2D eigenvalue weighted by molar-refractivity contribution is -0.115. The average Bonchev–Trinajstić information content (AvgIpc) is 2.64. The molecule has 6 nitrogen and oxygen atoms in total. The van der Waals surface area contributed by atoms with E-state index < -0.39 is 5.54 Å². The number of hydrogen-bond acceptors (Lipinski definition) is 6. The zero-order valence-electron chi connectivity index (χ0n) is 15.0. The van der Waals surface area contributed by atoms with Gasteiger partial charge in [-0.2, -0.15) is 0 Å². The molecule has 0 aliphatic carbocycles. The number of nitrogens with one attached hydrogen (secondary N) is 2. The van der Waals surface area contributed by atoms with Crippen LogP contribution in [0, 0.1) is 5.82 Å². The number of rotatable bonds is 6. The summed E-state index contributed by atoms with van der Waals surface area (Å²) >= 11 is 1.47. The molecule has 0 bridgehead atoms. The smallest absolute Gasteiger partial charge is 0.226 e. The number of benzene rings is 1. The molecule has 1 aromatic heterocycles. The number of anilines is 2. The third-order valence-electron chi connectivity index (χ3n) is 4.35. The van der Waals surface area contributed by atoms with Gasteiger partial charge in [-0.3, -0.25) is 9.79 Å². The van der Waals surface area contributed by atoms with E-state index in [0.717, 1.165) is 5.75 Å². The first-order valence-corrected chi connectivity index (χ1v) is 9.68. The Hall–Kier alpha value is -2.61. The highest BCUT2D eigenvalue weighted by molar-refractivity contribution is 8.13. The summed E-state index contributed by atoms with van der Waals surface area (Å²) in [5, 5.41) is 6.35. The van der Waals surface area contributed by atoms with Gasteiger partial charge < -0.3 is 16.4 Å². The van der Waals surface area contributed by atoms with Crippen LogP contribution in [0.15, 0.2) is 47.6 Å². The fourth-order valence-electron chi connectivity index (χ4n) is 2.89. The summed E-state index contributed by atoms with van der Waals surface area (Å²) in [5.74, 6) is 0.980. The van der Waals surface area contributed by atoms with Crippen molar-refractivity contribution in [2.45, 2.75) is 25.3 Å². The number of carbonyl (C=O) groups excluding carboxylic acids is 1. The molecule has 27 heavy (non-hydrogen) atoms. The number of amidine groups is 1. The zero-order valence-corrected chi connectivity index (χ0v) is 15.9. The molecule has 0 unspecified atom stereocenters. The van der Waals surface area contributed by atoms with E-state index in [1.807, 2.05) is 25.1 Å². The number of carbonyl (C=O) groups is 1. The Labute approximate surface area is 161 Å². The number of nitrogens with two attached hydrogens (primary N) is 1. The maximum atomic E-state index is 14.4. The second-order valence-corrected chi connectivity index (χ2v) is 7.57. The predicted molar refractivity (Wildman–Crippen MR) is 108 cm³/mol.